The molecule has 2 nitrogen and oxygen atoms in total. The van der Waals surface area contributed by atoms with Crippen LogP contribution in [0.2, 0.25) is 0 Å². The van der Waals surface area contributed by atoms with Crippen LogP contribution in [0.15, 0.2) is 18.2 Å². The third kappa shape index (κ3) is 1.76. The van der Waals surface area contributed by atoms with Crippen molar-refractivity contribution in [2.75, 3.05) is 5.32 Å². The van der Waals surface area contributed by atoms with Crippen LogP contribution in [0.1, 0.15) is 50.7 Å². The van der Waals surface area contributed by atoms with E-state index in [0.29, 0.717) is 0 Å². The molecule has 1 aliphatic heterocycles. The highest BCUT2D eigenvalue weighted by atomic mass is 16.2. The van der Waals surface area contributed by atoms with Gasteiger partial charge in [0.1, 0.15) is 0 Å². The van der Waals surface area contributed by atoms with Crippen LogP contribution in [-0.2, 0) is 10.2 Å². The van der Waals surface area contributed by atoms with Crippen molar-refractivity contribution < 1.29 is 4.79 Å². The Balaban J connectivity index is 2.54. The topological polar surface area (TPSA) is 29.1 Å². The van der Waals surface area contributed by atoms with Crippen molar-refractivity contribution in [2.45, 2.75) is 51.9 Å². The van der Waals surface area contributed by atoms with Crippen LogP contribution in [0, 0.1) is 6.92 Å². The molecule has 92 valence electrons. The van der Waals surface area contributed by atoms with Crippen LogP contribution in [0.3, 0.4) is 0 Å². The van der Waals surface area contributed by atoms with Crippen molar-refractivity contribution in [2.24, 2.45) is 0 Å². The number of fused-ring (bicyclic) bond motifs is 1. The van der Waals surface area contributed by atoms with E-state index in [-0.39, 0.29) is 11.3 Å². The molecule has 0 radical (unpaired) electrons. The lowest BCUT2D eigenvalue weighted by molar-refractivity contribution is -0.121. The fraction of sp³-hybridized carbons (Fsp3) is 0.533. The Morgan fingerprint density at radius 1 is 1.18 bits per heavy atom. The van der Waals surface area contributed by atoms with E-state index >= 15 is 0 Å². The number of benzene rings is 1. The highest BCUT2D eigenvalue weighted by Gasteiger charge is 2.45. The van der Waals surface area contributed by atoms with Gasteiger partial charge in [-0.1, -0.05) is 44.9 Å². The maximum Gasteiger partial charge on any atom is 0.235 e. The fourth-order valence-electron chi connectivity index (χ4n) is 3.06. The van der Waals surface area contributed by atoms with Gasteiger partial charge in [0, 0.05) is 5.69 Å². The van der Waals surface area contributed by atoms with Gasteiger partial charge in [0.25, 0.3) is 0 Å². The summed E-state index contributed by atoms with van der Waals surface area (Å²) in [5, 5.41) is 3.09. The Morgan fingerprint density at radius 2 is 1.82 bits per heavy atom. The van der Waals surface area contributed by atoms with Crippen LogP contribution < -0.4 is 5.32 Å². The molecule has 0 atom stereocenters. The summed E-state index contributed by atoms with van der Waals surface area (Å²) in [7, 11) is 0. The normalized spacial score (nSPS) is 16.8. The van der Waals surface area contributed by atoms with Crippen LogP contribution >= 0.6 is 0 Å². The molecule has 1 heterocycles. The zero-order valence-corrected chi connectivity index (χ0v) is 11.0. The molecule has 0 saturated carbocycles. The van der Waals surface area contributed by atoms with Crippen LogP contribution in [0.25, 0.3) is 0 Å². The van der Waals surface area contributed by atoms with Gasteiger partial charge in [-0.05, 0) is 30.9 Å². The summed E-state index contributed by atoms with van der Waals surface area (Å²) in [4.78, 5) is 12.4. The average Bonchev–Trinajstić information content (AvgIpc) is 2.56. The molecule has 17 heavy (non-hydrogen) atoms. The van der Waals surface area contributed by atoms with Crippen LogP contribution in [-0.4, -0.2) is 5.91 Å². The lowest BCUT2D eigenvalue weighted by Crippen LogP contribution is -2.34. The molecule has 0 aliphatic carbocycles. The number of anilines is 1. The number of amides is 1. The second-order valence-corrected chi connectivity index (χ2v) is 5.03. The third-order valence-electron chi connectivity index (χ3n) is 3.82. The van der Waals surface area contributed by atoms with Crippen LogP contribution in [0.5, 0.6) is 0 Å². The van der Waals surface area contributed by atoms with E-state index in [1.54, 1.807) is 0 Å². The number of carbonyl (C=O) groups is 1. The third-order valence-corrected chi connectivity index (χ3v) is 3.82. The summed E-state index contributed by atoms with van der Waals surface area (Å²) in [5.74, 6) is 0.200. The number of aryl methyl sites for hydroxylation is 1. The smallest absolute Gasteiger partial charge is 0.235 e. The summed E-state index contributed by atoms with van der Waals surface area (Å²) in [6.45, 7) is 6.37. The van der Waals surface area contributed by atoms with Crippen molar-refractivity contribution in [3.05, 3.63) is 29.3 Å². The first-order valence-corrected chi connectivity index (χ1v) is 6.57. The Kier molecular flexibility index (Phi) is 3.23. The molecule has 1 N–H and O–H groups in total. The Hall–Kier alpha value is -1.31. The zero-order chi connectivity index (χ0) is 12.5. The Labute approximate surface area is 103 Å². The van der Waals surface area contributed by atoms with Gasteiger partial charge in [-0.2, -0.15) is 0 Å². The highest BCUT2D eigenvalue weighted by Crippen LogP contribution is 2.45. The first-order chi connectivity index (χ1) is 8.15. The Bertz CT molecular complexity index is 431. The summed E-state index contributed by atoms with van der Waals surface area (Å²) in [6.07, 6.45) is 3.98. The lowest BCUT2D eigenvalue weighted by Gasteiger charge is -2.26. The van der Waals surface area contributed by atoms with Gasteiger partial charge < -0.3 is 5.32 Å². The molecule has 0 spiro atoms. The lowest BCUT2D eigenvalue weighted by atomic mass is 9.74. The number of rotatable bonds is 4. The second kappa shape index (κ2) is 4.52. The predicted molar refractivity (Wildman–Crippen MR) is 71.3 cm³/mol. The standard InChI is InChI=1S/C15H21NO/c1-4-9-15(10-5-2)12-8-6-7-11(3)13(12)16-14(15)17/h6-8H,4-5,9-10H2,1-3H3,(H,16,17). The maximum atomic E-state index is 12.4. The van der Waals surface area contributed by atoms with Gasteiger partial charge >= 0.3 is 0 Å². The molecule has 0 bridgehead atoms. The van der Waals surface area contributed by atoms with Crippen LogP contribution in [0.4, 0.5) is 5.69 Å². The molecule has 1 amide bonds. The monoisotopic (exact) mass is 231 g/mol. The van der Waals surface area contributed by atoms with Gasteiger partial charge in [-0.3, -0.25) is 4.79 Å². The molecule has 2 heteroatoms. The van der Waals surface area contributed by atoms with E-state index < -0.39 is 0 Å². The van der Waals surface area contributed by atoms with Crippen molar-refractivity contribution in [3.63, 3.8) is 0 Å². The van der Waals surface area contributed by atoms with Crippen molar-refractivity contribution in [1.82, 2.24) is 0 Å². The van der Waals surface area contributed by atoms with Crippen molar-refractivity contribution in [1.29, 1.82) is 0 Å². The van der Waals surface area contributed by atoms with E-state index in [1.165, 1.54) is 11.1 Å². The molecular weight excluding hydrogens is 210 g/mol. The van der Waals surface area contributed by atoms with E-state index in [2.05, 4.69) is 44.3 Å². The molecule has 1 aromatic carbocycles. The van der Waals surface area contributed by atoms with E-state index in [4.69, 9.17) is 0 Å². The van der Waals surface area contributed by atoms with Gasteiger partial charge in [0.15, 0.2) is 0 Å². The van der Waals surface area contributed by atoms with Gasteiger partial charge in [0.05, 0.1) is 5.41 Å². The molecule has 1 aromatic rings. The highest BCUT2D eigenvalue weighted by molar-refractivity contribution is 6.06. The minimum Gasteiger partial charge on any atom is -0.325 e. The van der Waals surface area contributed by atoms with Crippen molar-refractivity contribution >= 4 is 11.6 Å². The molecule has 0 unspecified atom stereocenters. The molecule has 0 saturated heterocycles. The minimum absolute atomic E-state index is 0.200. The number of hydrogen-bond donors (Lipinski definition) is 1. The average molecular weight is 231 g/mol. The number of carbonyl (C=O) groups excluding carboxylic acids is 1. The SMILES string of the molecule is CCCC1(CCC)C(=O)Nc2c(C)cccc21. The van der Waals surface area contributed by atoms with E-state index in [0.717, 1.165) is 31.4 Å². The Morgan fingerprint density at radius 3 is 2.41 bits per heavy atom. The molecule has 1 aliphatic rings. The minimum atomic E-state index is -0.273. The van der Waals surface area contributed by atoms with E-state index in [1.807, 2.05) is 0 Å². The summed E-state index contributed by atoms with van der Waals surface area (Å²) < 4.78 is 0. The summed E-state index contributed by atoms with van der Waals surface area (Å²) in [6, 6.07) is 6.24. The number of nitrogens with one attached hydrogen (secondary N) is 1. The number of para-hydroxylation sites is 1. The van der Waals surface area contributed by atoms with Gasteiger partial charge in [0.2, 0.25) is 5.91 Å². The second-order valence-electron chi connectivity index (χ2n) is 5.03. The molecule has 0 fully saturated rings. The maximum absolute atomic E-state index is 12.4. The fourth-order valence-corrected chi connectivity index (χ4v) is 3.06. The molecule has 2 rings (SSSR count). The summed E-state index contributed by atoms with van der Waals surface area (Å²) in [5.41, 5.74) is 3.17. The largest absolute Gasteiger partial charge is 0.325 e. The summed E-state index contributed by atoms with van der Waals surface area (Å²) >= 11 is 0. The van der Waals surface area contributed by atoms with Gasteiger partial charge in [-0.25, -0.2) is 0 Å². The predicted octanol–water partition coefficient (Wildman–Crippen LogP) is 3.79. The van der Waals surface area contributed by atoms with E-state index in [9.17, 15) is 4.79 Å². The van der Waals surface area contributed by atoms with Crippen molar-refractivity contribution in [3.8, 4) is 0 Å². The molecule has 0 aromatic heterocycles. The molecular formula is C15H21NO. The number of hydrogen-bond acceptors (Lipinski definition) is 1. The quantitative estimate of drug-likeness (QED) is 0.839. The first kappa shape index (κ1) is 12.2. The zero-order valence-electron chi connectivity index (χ0n) is 11.0. The first-order valence-electron chi connectivity index (χ1n) is 6.57. The van der Waals surface area contributed by atoms with Gasteiger partial charge in [-0.15, -0.1) is 0 Å².